The Morgan fingerprint density at radius 2 is 1.10 bits per heavy atom. The van der Waals surface area contributed by atoms with Gasteiger partial charge in [-0.3, -0.25) is 4.98 Å². The molecule has 0 bridgehead atoms. The third-order valence-electron chi connectivity index (χ3n) is 9.09. The molecule has 0 saturated heterocycles. The first-order chi connectivity index (χ1) is 20.9. The number of pyridine rings is 1. The summed E-state index contributed by atoms with van der Waals surface area (Å²) in [7, 11) is -2.69. The van der Waals surface area contributed by atoms with E-state index in [-0.39, 0.29) is 0 Å². The lowest BCUT2D eigenvalue weighted by atomic mass is 10.0. The maximum absolute atomic E-state index is 5.39. The monoisotopic (exact) mass is 550 g/mol. The second-order valence-corrected chi connectivity index (χ2v) is 14.8. The summed E-state index contributed by atoms with van der Waals surface area (Å²) in [5, 5.41) is 9.22. The van der Waals surface area contributed by atoms with Crippen molar-refractivity contribution in [2.24, 2.45) is 0 Å². The summed E-state index contributed by atoms with van der Waals surface area (Å²) in [5.41, 5.74) is 7.33. The van der Waals surface area contributed by atoms with Crippen molar-refractivity contribution in [3.05, 3.63) is 158 Å². The lowest BCUT2D eigenvalue weighted by molar-refractivity contribution is 1.18. The van der Waals surface area contributed by atoms with Gasteiger partial charge in [-0.2, -0.15) is 0 Å². The Labute approximate surface area is 245 Å². The lowest BCUT2D eigenvalue weighted by Crippen LogP contribution is -2.73. The van der Waals surface area contributed by atoms with Crippen LogP contribution in [0, 0.1) is 0 Å². The van der Waals surface area contributed by atoms with Crippen LogP contribution in [0.1, 0.15) is 0 Å². The molecule has 1 aliphatic heterocycles. The molecule has 0 saturated carbocycles. The van der Waals surface area contributed by atoms with E-state index < -0.39 is 8.07 Å². The van der Waals surface area contributed by atoms with Crippen LogP contribution < -0.4 is 20.7 Å². The van der Waals surface area contributed by atoms with Crippen LogP contribution in [0.2, 0.25) is 0 Å². The Morgan fingerprint density at radius 3 is 1.83 bits per heavy atom. The summed E-state index contributed by atoms with van der Waals surface area (Å²) in [6.45, 7) is 0. The van der Waals surface area contributed by atoms with Gasteiger partial charge in [0.25, 0.3) is 0 Å². The molecular weight excluding hydrogens is 525 g/mol. The van der Waals surface area contributed by atoms with E-state index in [9.17, 15) is 0 Å². The van der Waals surface area contributed by atoms with E-state index in [0.29, 0.717) is 0 Å². The molecule has 0 fully saturated rings. The molecule has 1 aliphatic rings. The number of para-hydroxylation sites is 2. The van der Waals surface area contributed by atoms with Crippen LogP contribution in [0.3, 0.4) is 0 Å². The number of hydrogen-bond acceptors (Lipinski definition) is 1. The lowest BCUT2D eigenvalue weighted by Gasteiger charge is -2.31. The summed E-state index contributed by atoms with van der Waals surface area (Å²) in [6.07, 6.45) is 2.12. The number of hydrogen-bond donors (Lipinski definition) is 0. The average Bonchev–Trinajstić information content (AvgIpc) is 3.57. The number of fused-ring (bicyclic) bond motifs is 9. The quantitative estimate of drug-likeness (QED) is 0.224. The molecule has 0 amide bonds. The van der Waals surface area contributed by atoms with Gasteiger partial charge in [0, 0.05) is 28.0 Å². The van der Waals surface area contributed by atoms with Crippen LogP contribution in [0.25, 0.3) is 49.5 Å². The minimum atomic E-state index is -2.69. The minimum Gasteiger partial charge on any atom is -0.309 e. The number of aromatic nitrogens is 2. The molecule has 0 N–H and O–H groups in total. The van der Waals surface area contributed by atoms with E-state index in [0.717, 1.165) is 11.2 Å². The number of benzene rings is 6. The highest BCUT2D eigenvalue weighted by Crippen LogP contribution is 2.38. The molecule has 6 aromatic carbocycles. The van der Waals surface area contributed by atoms with Gasteiger partial charge in [0.15, 0.2) is 8.07 Å². The van der Waals surface area contributed by atoms with E-state index in [2.05, 4.69) is 162 Å². The molecule has 0 radical (unpaired) electrons. The van der Waals surface area contributed by atoms with Gasteiger partial charge in [-0.15, -0.1) is 0 Å². The van der Waals surface area contributed by atoms with E-state index in [1.54, 1.807) is 0 Å². The van der Waals surface area contributed by atoms with Crippen molar-refractivity contribution in [3.8, 4) is 16.8 Å². The Kier molecular flexibility index (Phi) is 4.95. The predicted octanol–water partition coefficient (Wildman–Crippen LogP) is 6.69. The first-order valence-electron chi connectivity index (χ1n) is 14.5. The summed E-state index contributed by atoms with van der Waals surface area (Å²) in [6, 6.07) is 55.6. The molecule has 42 heavy (non-hydrogen) atoms. The van der Waals surface area contributed by atoms with Crippen molar-refractivity contribution in [1.29, 1.82) is 0 Å². The summed E-state index contributed by atoms with van der Waals surface area (Å²) in [5.74, 6) is 0. The Morgan fingerprint density at radius 1 is 0.476 bits per heavy atom. The third kappa shape index (κ3) is 3.01. The maximum atomic E-state index is 5.39. The van der Waals surface area contributed by atoms with Crippen LogP contribution in [0.4, 0.5) is 0 Å². The zero-order valence-corrected chi connectivity index (χ0v) is 23.9. The fraction of sp³-hybridized carbons (Fsp3) is 0. The summed E-state index contributed by atoms with van der Waals surface area (Å²) < 4.78 is 2.43. The molecule has 0 aliphatic carbocycles. The van der Waals surface area contributed by atoms with Gasteiger partial charge < -0.3 is 4.57 Å². The molecule has 3 heterocycles. The topological polar surface area (TPSA) is 17.8 Å². The van der Waals surface area contributed by atoms with Crippen LogP contribution in [0.15, 0.2) is 158 Å². The van der Waals surface area contributed by atoms with Gasteiger partial charge >= 0.3 is 0 Å². The molecule has 8 aromatic rings. The van der Waals surface area contributed by atoms with Gasteiger partial charge in [-0.25, -0.2) is 0 Å². The van der Waals surface area contributed by atoms with Crippen molar-refractivity contribution in [1.82, 2.24) is 9.55 Å². The highest BCUT2D eigenvalue weighted by molar-refractivity contribution is 7.23. The Hall–Kier alpha value is -5.25. The van der Waals surface area contributed by atoms with Crippen molar-refractivity contribution < 1.29 is 0 Å². The normalized spacial score (nSPS) is 13.4. The molecule has 9 rings (SSSR count). The molecule has 2 nitrogen and oxygen atoms in total. The molecule has 0 atom stereocenters. The Bertz CT molecular complexity index is 2250. The van der Waals surface area contributed by atoms with Crippen LogP contribution in [-0.2, 0) is 0 Å². The first kappa shape index (κ1) is 23.5. The molecule has 3 heteroatoms. The van der Waals surface area contributed by atoms with E-state index >= 15 is 0 Å². The SMILES string of the molecule is c1ccc(-n2c3ccccc3c3cnc4c5c(ccc4c32)-c2ccccc2[Si]5(c2ccccc2)c2ccccc2)cc1. The Balaban J connectivity index is 1.51. The van der Waals surface area contributed by atoms with E-state index in [1.807, 2.05) is 0 Å². The van der Waals surface area contributed by atoms with Crippen molar-refractivity contribution in [3.63, 3.8) is 0 Å². The first-order valence-corrected chi connectivity index (χ1v) is 16.5. The van der Waals surface area contributed by atoms with Crippen LogP contribution in [-0.4, -0.2) is 17.6 Å². The second-order valence-electron chi connectivity index (χ2n) is 11.1. The third-order valence-corrected chi connectivity index (χ3v) is 14.0. The van der Waals surface area contributed by atoms with Gasteiger partial charge in [-0.1, -0.05) is 133 Å². The van der Waals surface area contributed by atoms with Crippen molar-refractivity contribution in [2.75, 3.05) is 0 Å². The molecule has 2 aromatic heterocycles. The van der Waals surface area contributed by atoms with E-state index in [1.165, 1.54) is 59.1 Å². The highest BCUT2D eigenvalue weighted by atomic mass is 28.3. The summed E-state index contributed by atoms with van der Waals surface area (Å²) >= 11 is 0. The zero-order chi connectivity index (χ0) is 27.7. The van der Waals surface area contributed by atoms with Gasteiger partial charge in [0.05, 0.1) is 16.6 Å². The minimum absolute atomic E-state index is 1.11. The van der Waals surface area contributed by atoms with Crippen LogP contribution >= 0.6 is 0 Å². The smallest absolute Gasteiger partial charge is 0.183 e. The standard InChI is InChI=1S/C39H26N2Si/c1-4-14-27(15-5-1)41-35-22-12-10-20-30(35)34-26-40-37-33(38(34)41)25-24-32-31-21-11-13-23-36(31)42(39(32)37,28-16-6-2-7-17-28)29-18-8-3-9-19-29/h1-26H. The molecular formula is C39H26N2Si. The highest BCUT2D eigenvalue weighted by Gasteiger charge is 2.50. The van der Waals surface area contributed by atoms with Gasteiger partial charge in [0.1, 0.15) is 0 Å². The van der Waals surface area contributed by atoms with Gasteiger partial charge in [0.2, 0.25) is 0 Å². The molecule has 0 unspecified atom stereocenters. The summed E-state index contributed by atoms with van der Waals surface area (Å²) in [4.78, 5) is 5.39. The van der Waals surface area contributed by atoms with Crippen LogP contribution in [0.5, 0.6) is 0 Å². The number of nitrogens with zero attached hydrogens (tertiary/aromatic N) is 2. The van der Waals surface area contributed by atoms with Crippen molar-refractivity contribution in [2.45, 2.75) is 0 Å². The largest absolute Gasteiger partial charge is 0.309 e. The predicted molar refractivity (Wildman–Crippen MR) is 179 cm³/mol. The second kappa shape index (κ2) is 8.87. The maximum Gasteiger partial charge on any atom is 0.183 e. The fourth-order valence-corrected chi connectivity index (χ4v) is 12.8. The zero-order valence-electron chi connectivity index (χ0n) is 22.9. The van der Waals surface area contributed by atoms with Crippen molar-refractivity contribution >= 4 is 61.5 Å². The molecule has 0 spiro atoms. The number of rotatable bonds is 3. The average molecular weight is 551 g/mol. The fourth-order valence-electron chi connectivity index (χ4n) is 7.48. The van der Waals surface area contributed by atoms with Gasteiger partial charge in [-0.05, 0) is 50.1 Å². The molecule has 196 valence electrons. The van der Waals surface area contributed by atoms with E-state index in [4.69, 9.17) is 4.98 Å².